The largest absolute Gasteiger partial charge is 0.466 e. The Morgan fingerprint density at radius 3 is 2.63 bits per heavy atom. The predicted molar refractivity (Wildman–Crippen MR) is 80.1 cm³/mol. The van der Waals surface area contributed by atoms with Crippen LogP contribution in [0.2, 0.25) is 10.0 Å². The van der Waals surface area contributed by atoms with Crippen LogP contribution in [0.25, 0.3) is 10.4 Å². The first-order valence-electron chi connectivity index (χ1n) is 5.79. The summed E-state index contributed by atoms with van der Waals surface area (Å²) in [5, 5.41) is 3.14. The van der Waals surface area contributed by atoms with Crippen LogP contribution in [0, 0.1) is 0 Å². The van der Waals surface area contributed by atoms with Crippen molar-refractivity contribution in [3.05, 3.63) is 45.3 Å². The Morgan fingerprint density at radius 2 is 2.00 bits per heavy atom. The van der Waals surface area contributed by atoms with Crippen molar-refractivity contribution in [2.75, 3.05) is 6.61 Å². The van der Waals surface area contributed by atoms with Gasteiger partial charge in [0.15, 0.2) is 0 Å². The second kappa shape index (κ2) is 6.42. The van der Waals surface area contributed by atoms with Gasteiger partial charge in [0, 0.05) is 10.4 Å². The average Bonchev–Trinajstić information content (AvgIpc) is 2.77. The summed E-state index contributed by atoms with van der Waals surface area (Å²) in [5.74, 6) is -0.225. The minimum absolute atomic E-state index is 0.225. The molecule has 100 valence electrons. The minimum atomic E-state index is -0.225. The van der Waals surface area contributed by atoms with Crippen LogP contribution in [0.1, 0.15) is 12.5 Å². The molecule has 19 heavy (non-hydrogen) atoms. The fourth-order valence-electron chi connectivity index (χ4n) is 1.71. The zero-order valence-electron chi connectivity index (χ0n) is 10.3. The van der Waals surface area contributed by atoms with Crippen molar-refractivity contribution >= 4 is 40.5 Å². The molecule has 0 spiro atoms. The molecule has 0 aliphatic heterocycles. The SMILES string of the molecule is CCOC(=O)Cc1csc(-c2c(Cl)cccc2Cl)c1. The van der Waals surface area contributed by atoms with Crippen LogP contribution in [-0.4, -0.2) is 12.6 Å². The summed E-state index contributed by atoms with van der Waals surface area (Å²) in [4.78, 5) is 12.4. The average molecular weight is 315 g/mol. The smallest absolute Gasteiger partial charge is 0.310 e. The second-order valence-electron chi connectivity index (χ2n) is 3.90. The molecular formula is C14H12Cl2O2S. The van der Waals surface area contributed by atoms with Crippen molar-refractivity contribution in [2.24, 2.45) is 0 Å². The lowest BCUT2D eigenvalue weighted by molar-refractivity contribution is -0.142. The third-order valence-electron chi connectivity index (χ3n) is 2.52. The van der Waals surface area contributed by atoms with E-state index in [-0.39, 0.29) is 12.4 Å². The first kappa shape index (κ1) is 14.4. The quantitative estimate of drug-likeness (QED) is 0.756. The molecule has 0 saturated heterocycles. The van der Waals surface area contributed by atoms with Crippen LogP contribution in [0.4, 0.5) is 0 Å². The number of ether oxygens (including phenoxy) is 1. The fourth-order valence-corrected chi connectivity index (χ4v) is 3.41. The Hall–Kier alpha value is -1.03. The van der Waals surface area contributed by atoms with Gasteiger partial charge in [-0.3, -0.25) is 4.79 Å². The van der Waals surface area contributed by atoms with E-state index in [1.54, 1.807) is 25.1 Å². The standard InChI is InChI=1S/C14H12Cl2O2S/c1-2-18-13(17)7-9-6-12(19-8-9)14-10(15)4-3-5-11(14)16/h3-6,8H,2,7H2,1H3. The van der Waals surface area contributed by atoms with E-state index in [2.05, 4.69) is 0 Å². The summed E-state index contributed by atoms with van der Waals surface area (Å²) in [6.45, 7) is 2.19. The number of thiophene rings is 1. The lowest BCUT2D eigenvalue weighted by Crippen LogP contribution is -2.06. The molecule has 1 aromatic carbocycles. The van der Waals surface area contributed by atoms with Crippen LogP contribution in [0.3, 0.4) is 0 Å². The van der Waals surface area contributed by atoms with Crippen molar-refractivity contribution in [3.63, 3.8) is 0 Å². The van der Waals surface area contributed by atoms with Crippen LogP contribution >= 0.6 is 34.5 Å². The maximum atomic E-state index is 11.4. The molecule has 1 aromatic heterocycles. The Balaban J connectivity index is 2.24. The van der Waals surface area contributed by atoms with E-state index < -0.39 is 0 Å². The predicted octanol–water partition coefficient (Wildman–Crippen LogP) is 4.83. The van der Waals surface area contributed by atoms with Gasteiger partial charge in [-0.05, 0) is 36.1 Å². The molecule has 0 radical (unpaired) electrons. The third-order valence-corrected chi connectivity index (χ3v) is 4.14. The molecule has 0 bridgehead atoms. The second-order valence-corrected chi connectivity index (χ2v) is 5.62. The molecule has 0 saturated carbocycles. The zero-order chi connectivity index (χ0) is 13.8. The van der Waals surface area contributed by atoms with Crippen molar-refractivity contribution < 1.29 is 9.53 Å². The van der Waals surface area contributed by atoms with Crippen molar-refractivity contribution in [1.29, 1.82) is 0 Å². The highest BCUT2D eigenvalue weighted by molar-refractivity contribution is 7.13. The van der Waals surface area contributed by atoms with Gasteiger partial charge in [-0.25, -0.2) is 0 Å². The fraction of sp³-hybridized carbons (Fsp3) is 0.214. The molecule has 0 atom stereocenters. The van der Waals surface area contributed by atoms with Gasteiger partial charge in [0.1, 0.15) is 0 Å². The van der Waals surface area contributed by atoms with Gasteiger partial charge in [-0.1, -0.05) is 29.3 Å². The van der Waals surface area contributed by atoms with Crippen molar-refractivity contribution in [3.8, 4) is 10.4 Å². The first-order valence-corrected chi connectivity index (χ1v) is 7.42. The van der Waals surface area contributed by atoms with E-state index in [1.165, 1.54) is 11.3 Å². The van der Waals surface area contributed by atoms with E-state index in [1.807, 2.05) is 11.4 Å². The zero-order valence-corrected chi connectivity index (χ0v) is 12.6. The highest BCUT2D eigenvalue weighted by Crippen LogP contribution is 2.38. The molecule has 0 unspecified atom stereocenters. The summed E-state index contributed by atoms with van der Waals surface area (Å²) in [5.41, 5.74) is 1.72. The highest BCUT2D eigenvalue weighted by Gasteiger charge is 2.12. The summed E-state index contributed by atoms with van der Waals surface area (Å²) in [6, 6.07) is 7.33. The number of halogens is 2. The molecule has 0 amide bonds. The summed E-state index contributed by atoms with van der Waals surface area (Å²) in [6.07, 6.45) is 0.270. The number of hydrogen-bond acceptors (Lipinski definition) is 3. The summed E-state index contributed by atoms with van der Waals surface area (Å²) in [7, 11) is 0. The van der Waals surface area contributed by atoms with E-state index in [0.29, 0.717) is 16.7 Å². The number of esters is 1. The highest BCUT2D eigenvalue weighted by atomic mass is 35.5. The molecule has 2 aromatic rings. The summed E-state index contributed by atoms with van der Waals surface area (Å²) >= 11 is 13.8. The van der Waals surface area contributed by atoms with Gasteiger partial charge < -0.3 is 4.74 Å². The van der Waals surface area contributed by atoms with Crippen molar-refractivity contribution in [2.45, 2.75) is 13.3 Å². The molecule has 5 heteroatoms. The topological polar surface area (TPSA) is 26.3 Å². The number of benzene rings is 1. The van der Waals surface area contributed by atoms with Gasteiger partial charge in [0.2, 0.25) is 0 Å². The minimum Gasteiger partial charge on any atom is -0.466 e. The number of rotatable bonds is 4. The molecular weight excluding hydrogens is 303 g/mol. The number of hydrogen-bond donors (Lipinski definition) is 0. The van der Waals surface area contributed by atoms with Crippen LogP contribution in [0.5, 0.6) is 0 Å². The van der Waals surface area contributed by atoms with E-state index in [0.717, 1.165) is 16.0 Å². The van der Waals surface area contributed by atoms with E-state index in [9.17, 15) is 4.79 Å². The molecule has 2 rings (SSSR count). The van der Waals surface area contributed by atoms with Gasteiger partial charge in [-0.15, -0.1) is 11.3 Å². The molecule has 0 aliphatic carbocycles. The number of carbonyl (C=O) groups excluding carboxylic acids is 1. The first-order chi connectivity index (χ1) is 9.11. The lowest BCUT2D eigenvalue weighted by Gasteiger charge is -2.03. The van der Waals surface area contributed by atoms with Gasteiger partial charge in [0.25, 0.3) is 0 Å². The maximum absolute atomic E-state index is 11.4. The maximum Gasteiger partial charge on any atom is 0.310 e. The molecule has 0 fully saturated rings. The van der Waals surface area contributed by atoms with Gasteiger partial charge in [-0.2, -0.15) is 0 Å². The number of carbonyl (C=O) groups is 1. The van der Waals surface area contributed by atoms with Crippen LogP contribution < -0.4 is 0 Å². The van der Waals surface area contributed by atoms with Crippen molar-refractivity contribution in [1.82, 2.24) is 0 Å². The van der Waals surface area contributed by atoms with Gasteiger partial charge >= 0.3 is 5.97 Å². The lowest BCUT2D eigenvalue weighted by atomic mass is 10.1. The Labute approximate surface area is 125 Å². The monoisotopic (exact) mass is 314 g/mol. The molecule has 2 nitrogen and oxygen atoms in total. The Kier molecular flexibility index (Phi) is 4.86. The Bertz CT molecular complexity index is 573. The van der Waals surface area contributed by atoms with Crippen LogP contribution in [-0.2, 0) is 16.0 Å². The van der Waals surface area contributed by atoms with Crippen LogP contribution in [0.15, 0.2) is 29.6 Å². The normalized spacial score (nSPS) is 10.5. The molecule has 1 heterocycles. The molecule has 0 aliphatic rings. The molecule has 0 N–H and O–H groups in total. The van der Waals surface area contributed by atoms with E-state index >= 15 is 0 Å². The third kappa shape index (κ3) is 3.50. The summed E-state index contributed by atoms with van der Waals surface area (Å²) < 4.78 is 4.92. The van der Waals surface area contributed by atoms with E-state index in [4.69, 9.17) is 27.9 Å². The Morgan fingerprint density at radius 1 is 1.32 bits per heavy atom. The van der Waals surface area contributed by atoms with Gasteiger partial charge in [0.05, 0.1) is 23.1 Å².